The molecule has 4 saturated heterocycles. The summed E-state index contributed by atoms with van der Waals surface area (Å²) in [5, 5.41) is 0. The molecule has 0 spiro atoms. The van der Waals surface area contributed by atoms with Crippen molar-refractivity contribution in [2.75, 3.05) is 19.8 Å². The van der Waals surface area contributed by atoms with Gasteiger partial charge in [0.2, 0.25) is 0 Å². The fourth-order valence-electron chi connectivity index (χ4n) is 14.2. The second-order valence-electron chi connectivity index (χ2n) is 28.4. The first-order valence-electron chi connectivity index (χ1n) is 39.2. The first-order chi connectivity index (χ1) is 58.9. The fourth-order valence-corrected chi connectivity index (χ4v) is 14.2. The van der Waals surface area contributed by atoms with Crippen molar-refractivity contribution >= 4 is 41.8 Å². The van der Waals surface area contributed by atoms with Crippen LogP contribution in [0, 0.1) is 0 Å². The maximum Gasteiger partial charge on any atom is 0.338 e. The molecule has 612 valence electrons. The highest BCUT2D eigenvalue weighted by molar-refractivity contribution is 5.93. The largest absolute Gasteiger partial charge is 0.457 e. The molecule has 24 nitrogen and oxygen atoms in total. The Balaban J connectivity index is 0.842. The lowest BCUT2D eigenvalue weighted by Gasteiger charge is -2.49. The molecule has 4 aliphatic rings. The summed E-state index contributed by atoms with van der Waals surface area (Å²) in [6.45, 7) is -2.02. The molecule has 4 fully saturated rings. The Bertz CT molecular complexity index is 5150. The second kappa shape index (κ2) is 40.6. The molecule has 0 saturated carbocycles. The molecule has 0 radical (unpaired) electrons. The van der Waals surface area contributed by atoms with E-state index in [1.165, 1.54) is 78.9 Å². The highest BCUT2D eigenvalue weighted by Crippen LogP contribution is 2.41. The Morgan fingerprint density at radius 1 is 0.267 bits per heavy atom. The molecule has 4 heterocycles. The summed E-state index contributed by atoms with van der Waals surface area (Å²) in [5.41, 5.74) is 3.55. The number of esters is 7. The van der Waals surface area contributed by atoms with Gasteiger partial charge in [0.1, 0.15) is 43.2 Å². The summed E-state index contributed by atoms with van der Waals surface area (Å²) in [6.07, 6.45) is -24.9. The number of rotatable bonds is 31. The van der Waals surface area contributed by atoms with Crippen molar-refractivity contribution in [2.45, 2.75) is 125 Å². The lowest BCUT2D eigenvalue weighted by molar-refractivity contribution is -0.378. The van der Waals surface area contributed by atoms with E-state index in [-0.39, 0.29) is 70.9 Å². The number of fused-ring (bicyclic) bond motifs is 1. The molecule has 0 bridgehead atoms. The molecule has 16 atom stereocenters. The number of hydrogen-bond donors (Lipinski definition) is 0. The van der Waals surface area contributed by atoms with E-state index in [1.807, 2.05) is 109 Å². The highest BCUT2D eigenvalue weighted by atomic mass is 16.8. The third kappa shape index (κ3) is 21.1. The average molecular weight is 1620 g/mol. The number of ether oxygens (including phenoxy) is 17. The van der Waals surface area contributed by atoms with Crippen molar-refractivity contribution in [3.63, 3.8) is 0 Å². The van der Waals surface area contributed by atoms with E-state index in [1.54, 1.807) is 140 Å². The molecule has 120 heavy (non-hydrogen) atoms. The van der Waals surface area contributed by atoms with Crippen LogP contribution >= 0.6 is 0 Å². The van der Waals surface area contributed by atoms with Crippen molar-refractivity contribution < 1.29 is 114 Å². The lowest BCUT2D eigenvalue weighted by atomic mass is 9.96. The Morgan fingerprint density at radius 2 is 0.583 bits per heavy atom. The van der Waals surface area contributed by atoms with Gasteiger partial charge in [-0.3, -0.25) is 0 Å². The molecule has 11 aromatic carbocycles. The Hall–Kier alpha value is -12.7. The summed E-state index contributed by atoms with van der Waals surface area (Å²) in [4.78, 5) is 104. The van der Waals surface area contributed by atoms with Gasteiger partial charge < -0.3 is 80.5 Å². The van der Waals surface area contributed by atoms with Crippen LogP contribution in [-0.4, -0.2) is 154 Å². The predicted octanol–water partition coefficient (Wildman–Crippen LogP) is 14.4. The zero-order chi connectivity index (χ0) is 82.4. The number of benzene rings is 11. The topological polar surface area (TPSA) is 276 Å². The predicted molar refractivity (Wildman–Crippen MR) is 429 cm³/mol. The van der Waals surface area contributed by atoms with E-state index in [0.717, 1.165) is 22.3 Å². The van der Waals surface area contributed by atoms with E-state index in [4.69, 9.17) is 80.5 Å². The van der Waals surface area contributed by atoms with E-state index in [2.05, 4.69) is 0 Å². The third-order valence-electron chi connectivity index (χ3n) is 20.3. The van der Waals surface area contributed by atoms with E-state index < -0.39 is 160 Å². The van der Waals surface area contributed by atoms with Gasteiger partial charge in [-0.2, -0.15) is 0 Å². The van der Waals surface area contributed by atoms with Crippen LogP contribution in [0.4, 0.5) is 0 Å². The molecule has 0 aromatic heterocycles. The number of carbonyl (C=O) groups is 7. The first-order valence-corrected chi connectivity index (χ1v) is 39.2. The van der Waals surface area contributed by atoms with Gasteiger partial charge in [-0.1, -0.05) is 249 Å². The Morgan fingerprint density at radius 3 is 0.983 bits per heavy atom. The van der Waals surface area contributed by atoms with Crippen LogP contribution in [0.2, 0.25) is 0 Å². The maximum absolute atomic E-state index is 15.2. The molecular weight excluding hydrogens is 1540 g/mol. The molecule has 0 N–H and O–H groups in total. The summed E-state index contributed by atoms with van der Waals surface area (Å²) in [6, 6.07) is 91.1. The van der Waals surface area contributed by atoms with Gasteiger partial charge in [0.05, 0.1) is 78.6 Å². The second-order valence-corrected chi connectivity index (χ2v) is 28.4. The molecule has 0 aliphatic carbocycles. The van der Waals surface area contributed by atoms with Crippen LogP contribution in [0.5, 0.6) is 0 Å². The van der Waals surface area contributed by atoms with E-state index in [0.29, 0.717) is 0 Å². The first kappa shape index (κ1) is 82.4. The van der Waals surface area contributed by atoms with Crippen molar-refractivity contribution in [2.24, 2.45) is 0 Å². The van der Waals surface area contributed by atoms with Gasteiger partial charge in [0.25, 0.3) is 0 Å². The summed E-state index contributed by atoms with van der Waals surface area (Å²) in [7, 11) is 0. The van der Waals surface area contributed by atoms with Crippen LogP contribution < -0.4 is 0 Å². The number of hydrogen-bond acceptors (Lipinski definition) is 24. The van der Waals surface area contributed by atoms with Crippen LogP contribution in [0.1, 0.15) is 107 Å². The van der Waals surface area contributed by atoms with E-state index in [9.17, 15) is 9.59 Å². The van der Waals surface area contributed by atoms with Crippen molar-refractivity contribution in [3.05, 3.63) is 394 Å². The number of carbonyl (C=O) groups excluding carboxylic acids is 7. The SMILES string of the molecule is O=C(O[C@@H]1[C@@H](OC(=O)c2ccccc2)[C@H](OC[C@H]2O[C@@H](OCc3ccccc3C(=O)OCc3ccccc3)[C@H](OC(=O)c3ccccc3)[C@@H](OC(=O)c3ccccc3)[C@@H]2OC(=O)c2ccccc2)O[C@H](CO[C@@H]2O[C@@H]3COC(c4ccccc4)O[C@H]3[C@H](OCc3ccccc3)[C@@H]2OCc2ccccc2)[C@H]1OC(=O)c1ccccc1)c1ccccc1. The molecule has 15 rings (SSSR count). The van der Waals surface area contributed by atoms with E-state index >= 15 is 24.0 Å². The Kier molecular flexibility index (Phi) is 27.9. The minimum atomic E-state index is -2.01. The summed E-state index contributed by atoms with van der Waals surface area (Å²) < 4.78 is 114. The van der Waals surface area contributed by atoms with Gasteiger partial charge in [-0.15, -0.1) is 0 Å². The molecule has 24 heteroatoms. The van der Waals surface area contributed by atoms with Crippen molar-refractivity contribution in [1.82, 2.24) is 0 Å². The zero-order valence-electron chi connectivity index (χ0n) is 64.7. The molecule has 1 unspecified atom stereocenters. The molecular formula is C96H84O24. The van der Waals surface area contributed by atoms with Crippen LogP contribution in [0.25, 0.3) is 0 Å². The quantitative estimate of drug-likeness (QED) is 0.0288. The standard InChI is InChI=1S/C96H84O24/c97-86(65-39-17-4-18-40-65)114-78-75(60-109-94-83(105-56-63-35-13-2-14-36-63)80(104-55-62-33-11-1-12-34-62)77-74(111-94)59-108-93(120-77)71-51-29-10-30-52-71)113-96(85(119-91(102)70-49-27-9-28-50-70)82(78)117-89(100)68-45-23-7-24-46-68)110-61-76-79(115-87(98)66-41-19-5-20-42-66)81(116-88(99)67-43-21-6-22-44-67)84(118-90(101)69-47-25-8-26-48-69)95(112-76)107-58-72-53-31-32-54-73(72)92(103)106-57-64-37-15-3-16-38-64/h1-54,74-85,93-96H,55-61H2/t74-,75-,76-,77-,78-,79-,80+,81+,82+,83+,84-,85-,93?,94-,95-,96-/m1/s1. The smallest absolute Gasteiger partial charge is 0.338 e. The normalized spacial score (nSPS) is 23.7. The van der Waals surface area contributed by atoms with Gasteiger partial charge in [0.15, 0.2) is 61.8 Å². The van der Waals surface area contributed by atoms with Gasteiger partial charge >= 0.3 is 41.8 Å². The summed E-state index contributed by atoms with van der Waals surface area (Å²) >= 11 is 0. The summed E-state index contributed by atoms with van der Waals surface area (Å²) in [5.74, 6) is -6.59. The minimum Gasteiger partial charge on any atom is -0.457 e. The molecule has 11 aromatic rings. The highest BCUT2D eigenvalue weighted by Gasteiger charge is 2.58. The average Bonchev–Trinajstić information content (AvgIpc) is 0.769. The van der Waals surface area contributed by atoms with Crippen molar-refractivity contribution in [3.8, 4) is 0 Å². The molecule has 4 aliphatic heterocycles. The van der Waals surface area contributed by atoms with Crippen molar-refractivity contribution in [1.29, 1.82) is 0 Å². The van der Waals surface area contributed by atoms with Crippen LogP contribution in [0.15, 0.2) is 328 Å². The fraction of sp³-hybridized carbons (Fsp3) is 0.240. The minimum absolute atomic E-state index is 0.00505. The third-order valence-corrected chi connectivity index (χ3v) is 20.3. The molecule has 0 amide bonds. The Labute approximate surface area is 691 Å². The van der Waals surface area contributed by atoms with Gasteiger partial charge in [-0.05, 0) is 101 Å². The monoisotopic (exact) mass is 1620 g/mol. The van der Waals surface area contributed by atoms with Gasteiger partial charge in [-0.25, -0.2) is 33.6 Å². The lowest BCUT2D eigenvalue weighted by Crippen LogP contribution is -2.66. The van der Waals surface area contributed by atoms with Crippen LogP contribution in [0.3, 0.4) is 0 Å². The van der Waals surface area contributed by atoms with Gasteiger partial charge in [0, 0.05) is 5.56 Å². The zero-order valence-corrected chi connectivity index (χ0v) is 64.7. The van der Waals surface area contributed by atoms with Crippen LogP contribution in [-0.2, 0) is 107 Å². The maximum atomic E-state index is 15.2.